The predicted octanol–water partition coefficient (Wildman–Crippen LogP) is 4.64. The van der Waals surface area contributed by atoms with Crippen molar-refractivity contribution < 1.29 is 36.6 Å². The molecule has 2 aliphatic heterocycles. The van der Waals surface area contributed by atoms with Gasteiger partial charge in [-0.1, -0.05) is 12.1 Å². The van der Waals surface area contributed by atoms with E-state index in [4.69, 9.17) is 14.6 Å². The van der Waals surface area contributed by atoms with Crippen LogP contribution in [0.5, 0.6) is 0 Å². The first-order valence-electron chi connectivity index (χ1n) is 10.8. The molecule has 1 atom stereocenters. The van der Waals surface area contributed by atoms with Crippen LogP contribution in [0.4, 0.5) is 22.0 Å². The molecule has 1 saturated heterocycles. The van der Waals surface area contributed by atoms with E-state index in [1.54, 1.807) is 24.3 Å². The Bertz CT molecular complexity index is 1200. The highest BCUT2D eigenvalue weighted by Crippen LogP contribution is 2.35. The number of alkyl halides is 3. The Morgan fingerprint density at radius 3 is 2.46 bits per heavy atom. The number of carboxylic acid groups (broad SMARTS) is 1. The molecule has 1 unspecified atom stereocenters. The van der Waals surface area contributed by atoms with Crippen molar-refractivity contribution in [2.75, 3.05) is 13.1 Å². The van der Waals surface area contributed by atoms with Crippen LogP contribution in [-0.2, 0) is 29.2 Å². The fourth-order valence-corrected chi connectivity index (χ4v) is 4.31. The van der Waals surface area contributed by atoms with E-state index in [0.29, 0.717) is 19.7 Å². The minimum Gasteiger partial charge on any atom is -0.475 e. The monoisotopic (exact) mass is 495 g/mol. The summed E-state index contributed by atoms with van der Waals surface area (Å²) in [6.45, 7) is 3.60. The summed E-state index contributed by atoms with van der Waals surface area (Å²) in [5.41, 5.74) is 2.65. The van der Waals surface area contributed by atoms with E-state index >= 15 is 0 Å². The van der Waals surface area contributed by atoms with Crippen molar-refractivity contribution >= 4 is 5.97 Å². The molecule has 11 heteroatoms. The first-order chi connectivity index (χ1) is 16.5. The zero-order chi connectivity index (χ0) is 25.2. The van der Waals surface area contributed by atoms with Gasteiger partial charge < -0.3 is 14.4 Å². The summed E-state index contributed by atoms with van der Waals surface area (Å²) >= 11 is 0. The number of aliphatic carboxylic acids is 1. The molecule has 0 saturated carbocycles. The Balaban J connectivity index is 0.000000364. The molecule has 1 spiro atoms. The van der Waals surface area contributed by atoms with Crippen molar-refractivity contribution in [2.24, 2.45) is 0 Å². The Morgan fingerprint density at radius 2 is 1.80 bits per heavy atom. The van der Waals surface area contributed by atoms with E-state index in [1.807, 2.05) is 12.3 Å². The number of imidazole rings is 1. The second-order valence-corrected chi connectivity index (χ2v) is 8.52. The highest BCUT2D eigenvalue weighted by atomic mass is 19.4. The number of hydrogen-bond acceptors (Lipinski definition) is 4. The van der Waals surface area contributed by atoms with Crippen molar-refractivity contribution in [3.63, 3.8) is 0 Å². The van der Waals surface area contributed by atoms with E-state index in [9.17, 15) is 22.0 Å². The third kappa shape index (κ3) is 5.85. The first kappa shape index (κ1) is 24.8. The van der Waals surface area contributed by atoms with Gasteiger partial charge >= 0.3 is 12.1 Å². The van der Waals surface area contributed by atoms with Crippen molar-refractivity contribution in [2.45, 2.75) is 37.9 Å². The van der Waals surface area contributed by atoms with Gasteiger partial charge in [0.2, 0.25) is 0 Å². The van der Waals surface area contributed by atoms with Crippen LogP contribution in [0.3, 0.4) is 0 Å². The van der Waals surface area contributed by atoms with Gasteiger partial charge in [0.05, 0.1) is 18.4 Å². The van der Waals surface area contributed by atoms with E-state index < -0.39 is 12.1 Å². The third-order valence-electron chi connectivity index (χ3n) is 5.97. The summed E-state index contributed by atoms with van der Waals surface area (Å²) in [5, 5.41) is 7.12. The van der Waals surface area contributed by atoms with Crippen LogP contribution in [-0.4, -0.2) is 50.4 Å². The number of ether oxygens (including phenoxy) is 1. The fraction of sp³-hybridized carbons (Fsp3) is 0.333. The molecule has 6 nitrogen and oxygen atoms in total. The molecule has 2 aromatic carbocycles. The minimum absolute atomic E-state index is 0.202. The van der Waals surface area contributed by atoms with Crippen molar-refractivity contribution in [3.05, 3.63) is 77.8 Å². The normalized spacial score (nSPS) is 19.8. The topological polar surface area (TPSA) is 67.6 Å². The summed E-state index contributed by atoms with van der Waals surface area (Å²) in [6, 6.07) is 13.3. The summed E-state index contributed by atoms with van der Waals surface area (Å²) < 4.78 is 66.9. The van der Waals surface area contributed by atoms with Gasteiger partial charge in [-0.05, 0) is 53.9 Å². The van der Waals surface area contributed by atoms with Crippen LogP contribution in [0, 0.1) is 11.6 Å². The minimum atomic E-state index is -5.08. The predicted molar refractivity (Wildman–Crippen MR) is 115 cm³/mol. The maximum atomic E-state index is 13.5. The van der Waals surface area contributed by atoms with Crippen LogP contribution in [0.15, 0.2) is 54.7 Å². The maximum absolute atomic E-state index is 13.5. The molecule has 3 heterocycles. The number of likely N-dealkylation sites (tertiary alicyclic amines) is 1. The van der Waals surface area contributed by atoms with E-state index in [1.165, 1.54) is 18.2 Å². The highest BCUT2D eigenvalue weighted by Gasteiger charge is 2.43. The standard InChI is InChI=1S/C22H21F2N3O.C2HF3O2/c23-18-6-4-17(5-7-18)20-11-25-21-13-28-22(15-27(20)21)8-9-26(14-22)12-16-2-1-3-19(24)10-16;3-2(4,5)1(6)7/h1-7,10-11H,8-9,12-15H2;(H,6,7). The smallest absolute Gasteiger partial charge is 0.475 e. The zero-order valence-electron chi connectivity index (χ0n) is 18.4. The molecular weight excluding hydrogens is 473 g/mol. The lowest BCUT2D eigenvalue weighted by atomic mass is 10.0. The van der Waals surface area contributed by atoms with Gasteiger partial charge in [-0.3, -0.25) is 4.90 Å². The molecular formula is C24H22F5N3O3. The number of carboxylic acids is 1. The third-order valence-corrected chi connectivity index (χ3v) is 5.97. The van der Waals surface area contributed by atoms with Crippen LogP contribution < -0.4 is 0 Å². The van der Waals surface area contributed by atoms with Crippen LogP contribution in [0.25, 0.3) is 11.3 Å². The first-order valence-corrected chi connectivity index (χ1v) is 10.8. The molecule has 1 aromatic heterocycles. The Kier molecular flexibility index (Phi) is 6.91. The van der Waals surface area contributed by atoms with E-state index in [-0.39, 0.29) is 17.2 Å². The molecule has 2 aliphatic rings. The van der Waals surface area contributed by atoms with E-state index in [2.05, 4.69) is 14.5 Å². The number of aromatic nitrogens is 2. The number of rotatable bonds is 3. The van der Waals surface area contributed by atoms with Gasteiger partial charge in [0, 0.05) is 19.6 Å². The number of nitrogens with zero attached hydrogens (tertiary/aromatic N) is 3. The quantitative estimate of drug-likeness (QED) is 0.537. The Morgan fingerprint density at radius 1 is 1.09 bits per heavy atom. The van der Waals surface area contributed by atoms with Gasteiger partial charge in [-0.15, -0.1) is 0 Å². The van der Waals surface area contributed by atoms with Crippen LogP contribution >= 0.6 is 0 Å². The van der Waals surface area contributed by atoms with Gasteiger partial charge in [-0.25, -0.2) is 18.6 Å². The second-order valence-electron chi connectivity index (χ2n) is 8.52. The number of halogens is 5. The van der Waals surface area contributed by atoms with Crippen molar-refractivity contribution in [3.8, 4) is 11.3 Å². The average molecular weight is 495 g/mol. The maximum Gasteiger partial charge on any atom is 0.490 e. The largest absolute Gasteiger partial charge is 0.490 e. The Hall–Kier alpha value is -3.31. The molecule has 186 valence electrons. The highest BCUT2D eigenvalue weighted by molar-refractivity contribution is 5.73. The fourth-order valence-electron chi connectivity index (χ4n) is 4.31. The SMILES string of the molecule is Fc1ccc(-c2cnc3n2CC2(CCN(Cc4cccc(F)c4)C2)OC3)cc1.O=C(O)C(F)(F)F. The van der Waals surface area contributed by atoms with Crippen molar-refractivity contribution in [1.82, 2.24) is 14.5 Å². The summed E-state index contributed by atoms with van der Waals surface area (Å²) in [4.78, 5) is 15.7. The molecule has 3 aromatic rings. The van der Waals surface area contributed by atoms with Gasteiger partial charge in [0.15, 0.2) is 0 Å². The number of carbonyl (C=O) groups is 1. The summed E-state index contributed by atoms with van der Waals surface area (Å²) in [5.74, 6) is -2.31. The average Bonchev–Trinajstić information content (AvgIpc) is 3.38. The molecule has 0 radical (unpaired) electrons. The molecule has 1 fully saturated rings. The lowest BCUT2D eigenvalue weighted by Crippen LogP contribution is -2.44. The Labute approximate surface area is 197 Å². The van der Waals surface area contributed by atoms with Gasteiger partial charge in [0.1, 0.15) is 29.7 Å². The molecule has 0 aliphatic carbocycles. The zero-order valence-corrected chi connectivity index (χ0v) is 18.4. The molecule has 5 rings (SSSR count). The second kappa shape index (κ2) is 9.74. The lowest BCUT2D eigenvalue weighted by Gasteiger charge is -2.35. The summed E-state index contributed by atoms with van der Waals surface area (Å²) in [7, 11) is 0. The van der Waals surface area contributed by atoms with Gasteiger partial charge in [-0.2, -0.15) is 13.2 Å². The van der Waals surface area contributed by atoms with Crippen molar-refractivity contribution in [1.29, 1.82) is 0 Å². The van der Waals surface area contributed by atoms with E-state index in [0.717, 1.165) is 42.2 Å². The summed E-state index contributed by atoms with van der Waals surface area (Å²) in [6.07, 6.45) is -2.33. The number of fused-ring (bicyclic) bond motifs is 1. The lowest BCUT2D eigenvalue weighted by molar-refractivity contribution is -0.192. The van der Waals surface area contributed by atoms with Crippen LogP contribution in [0.2, 0.25) is 0 Å². The molecule has 0 amide bonds. The van der Waals surface area contributed by atoms with Gasteiger partial charge in [0.25, 0.3) is 0 Å². The molecule has 35 heavy (non-hydrogen) atoms. The number of benzene rings is 2. The molecule has 1 N–H and O–H groups in total. The number of hydrogen-bond donors (Lipinski definition) is 1. The van der Waals surface area contributed by atoms with Crippen LogP contribution in [0.1, 0.15) is 17.8 Å². The molecule has 0 bridgehead atoms.